The molecule has 6 heteroatoms. The van der Waals surface area contributed by atoms with E-state index in [9.17, 15) is 13.6 Å². The molecule has 0 saturated carbocycles. The summed E-state index contributed by atoms with van der Waals surface area (Å²) in [7, 11) is 0. The molecule has 1 aromatic carbocycles. The highest BCUT2D eigenvalue weighted by molar-refractivity contribution is 5.97. The summed E-state index contributed by atoms with van der Waals surface area (Å²) in [4.78, 5) is 15.8. The first-order valence-electron chi connectivity index (χ1n) is 5.46. The highest BCUT2D eigenvalue weighted by Gasteiger charge is 2.13. The molecular formula is C12H11F2N3O. The number of hydrogen-bond acceptors (Lipinski definition) is 3. The Kier molecular flexibility index (Phi) is 3.45. The maximum Gasteiger partial charge on any atom is 0.170 e. The lowest BCUT2D eigenvalue weighted by Crippen LogP contribution is -2.11. The van der Waals surface area contributed by atoms with Gasteiger partial charge in [-0.1, -0.05) is 0 Å². The molecule has 0 amide bonds. The van der Waals surface area contributed by atoms with Gasteiger partial charge in [0.1, 0.15) is 23.8 Å². The van der Waals surface area contributed by atoms with Gasteiger partial charge in [0.25, 0.3) is 0 Å². The van der Waals surface area contributed by atoms with Gasteiger partial charge < -0.3 is 0 Å². The summed E-state index contributed by atoms with van der Waals surface area (Å²) in [5, 5.41) is 3.92. The number of hydrogen-bond donors (Lipinski definition) is 0. The minimum Gasteiger partial charge on any atom is -0.294 e. The van der Waals surface area contributed by atoms with Crippen molar-refractivity contribution in [2.75, 3.05) is 0 Å². The minimum absolute atomic E-state index is 0.00171. The summed E-state index contributed by atoms with van der Waals surface area (Å²) in [6, 6.07) is 2.75. The standard InChI is InChI=1S/C12H11F2N3O/c1-2-17-12(15-7-16-17)6-11(18)8-3-9(13)5-10(14)4-8/h3-5,7H,2,6H2,1H3. The molecule has 1 aromatic heterocycles. The fourth-order valence-corrected chi connectivity index (χ4v) is 1.65. The number of rotatable bonds is 4. The second-order valence-corrected chi connectivity index (χ2v) is 3.75. The van der Waals surface area contributed by atoms with Gasteiger partial charge in [-0.05, 0) is 19.1 Å². The van der Waals surface area contributed by atoms with Crippen molar-refractivity contribution in [3.8, 4) is 0 Å². The molecule has 0 atom stereocenters. The van der Waals surface area contributed by atoms with Gasteiger partial charge in [0.05, 0.1) is 6.42 Å². The van der Waals surface area contributed by atoms with E-state index in [-0.39, 0.29) is 12.0 Å². The Bertz CT molecular complexity index is 560. The van der Waals surface area contributed by atoms with Crippen molar-refractivity contribution in [3.05, 3.63) is 47.5 Å². The number of Topliss-reactive ketones (excluding diaryl/α,β-unsaturated/α-hetero) is 1. The SMILES string of the molecule is CCn1ncnc1CC(=O)c1cc(F)cc(F)c1. The van der Waals surface area contributed by atoms with Crippen molar-refractivity contribution in [3.63, 3.8) is 0 Å². The van der Waals surface area contributed by atoms with Crippen LogP contribution in [0.3, 0.4) is 0 Å². The predicted octanol–water partition coefficient (Wildman–Crippen LogP) is 2.00. The van der Waals surface area contributed by atoms with Crippen LogP contribution in [-0.2, 0) is 13.0 Å². The predicted molar refractivity (Wildman–Crippen MR) is 60.1 cm³/mol. The Morgan fingerprint density at radius 1 is 1.28 bits per heavy atom. The molecule has 0 aliphatic carbocycles. The summed E-state index contributed by atoms with van der Waals surface area (Å²) < 4.78 is 27.5. The van der Waals surface area contributed by atoms with Gasteiger partial charge in [-0.15, -0.1) is 0 Å². The van der Waals surface area contributed by atoms with Gasteiger partial charge >= 0.3 is 0 Å². The van der Waals surface area contributed by atoms with E-state index in [0.717, 1.165) is 18.2 Å². The molecule has 0 bridgehead atoms. The molecule has 0 aliphatic heterocycles. The molecule has 0 spiro atoms. The number of carbonyl (C=O) groups is 1. The second-order valence-electron chi connectivity index (χ2n) is 3.75. The van der Waals surface area contributed by atoms with Crippen LogP contribution in [-0.4, -0.2) is 20.5 Å². The van der Waals surface area contributed by atoms with Crippen LogP contribution in [0.1, 0.15) is 23.1 Å². The summed E-state index contributed by atoms with van der Waals surface area (Å²) in [5.74, 6) is -1.45. The van der Waals surface area contributed by atoms with Crippen LogP contribution in [0.4, 0.5) is 8.78 Å². The Balaban J connectivity index is 2.22. The molecule has 0 N–H and O–H groups in total. The number of halogens is 2. The smallest absolute Gasteiger partial charge is 0.170 e. The van der Waals surface area contributed by atoms with Crippen molar-refractivity contribution in [2.45, 2.75) is 19.9 Å². The zero-order valence-electron chi connectivity index (χ0n) is 9.73. The average Bonchev–Trinajstić information content (AvgIpc) is 2.75. The van der Waals surface area contributed by atoms with E-state index in [2.05, 4.69) is 10.1 Å². The van der Waals surface area contributed by atoms with Gasteiger partial charge in [-0.3, -0.25) is 4.79 Å². The maximum absolute atomic E-state index is 13.0. The van der Waals surface area contributed by atoms with Crippen molar-refractivity contribution >= 4 is 5.78 Å². The molecule has 2 aromatic rings. The second kappa shape index (κ2) is 5.03. The van der Waals surface area contributed by atoms with Gasteiger partial charge in [0.2, 0.25) is 0 Å². The van der Waals surface area contributed by atoms with Crippen LogP contribution < -0.4 is 0 Å². The monoisotopic (exact) mass is 251 g/mol. The molecule has 0 saturated heterocycles. The van der Waals surface area contributed by atoms with Crippen LogP contribution in [0.15, 0.2) is 24.5 Å². The van der Waals surface area contributed by atoms with Crippen LogP contribution in [0.5, 0.6) is 0 Å². The highest BCUT2D eigenvalue weighted by atomic mass is 19.1. The Hall–Kier alpha value is -2.11. The molecular weight excluding hydrogens is 240 g/mol. The zero-order chi connectivity index (χ0) is 13.1. The molecule has 4 nitrogen and oxygen atoms in total. The number of benzene rings is 1. The van der Waals surface area contributed by atoms with Crippen LogP contribution in [0.25, 0.3) is 0 Å². The third-order valence-corrected chi connectivity index (χ3v) is 2.50. The quantitative estimate of drug-likeness (QED) is 0.781. The van der Waals surface area contributed by atoms with E-state index in [1.807, 2.05) is 6.92 Å². The number of ketones is 1. The van der Waals surface area contributed by atoms with E-state index >= 15 is 0 Å². The lowest BCUT2D eigenvalue weighted by molar-refractivity contribution is 0.0988. The summed E-state index contributed by atoms with van der Waals surface area (Å²) in [6.07, 6.45) is 1.31. The summed E-state index contributed by atoms with van der Waals surface area (Å²) in [5.41, 5.74) is -0.00171. The van der Waals surface area contributed by atoms with Gasteiger partial charge in [-0.2, -0.15) is 5.10 Å². The van der Waals surface area contributed by atoms with Crippen molar-refractivity contribution in [2.24, 2.45) is 0 Å². The number of nitrogens with zero attached hydrogens (tertiary/aromatic N) is 3. The molecule has 0 fully saturated rings. The van der Waals surface area contributed by atoms with E-state index in [0.29, 0.717) is 12.4 Å². The van der Waals surface area contributed by atoms with Crippen LogP contribution in [0.2, 0.25) is 0 Å². The van der Waals surface area contributed by atoms with Gasteiger partial charge in [-0.25, -0.2) is 18.4 Å². The molecule has 18 heavy (non-hydrogen) atoms. The summed E-state index contributed by atoms with van der Waals surface area (Å²) in [6.45, 7) is 2.45. The molecule has 1 heterocycles. The first kappa shape index (κ1) is 12.3. The molecule has 0 aliphatic rings. The minimum atomic E-state index is -0.768. The molecule has 0 radical (unpaired) electrons. The lowest BCUT2D eigenvalue weighted by atomic mass is 10.1. The summed E-state index contributed by atoms with van der Waals surface area (Å²) >= 11 is 0. The van der Waals surface area contributed by atoms with Gasteiger partial charge in [0.15, 0.2) is 5.78 Å². The third kappa shape index (κ3) is 2.58. The van der Waals surface area contributed by atoms with Crippen LogP contribution >= 0.6 is 0 Å². The van der Waals surface area contributed by atoms with Crippen molar-refractivity contribution in [1.82, 2.24) is 14.8 Å². The van der Waals surface area contributed by atoms with E-state index in [1.165, 1.54) is 6.33 Å². The molecule has 2 rings (SSSR count). The molecule has 0 unspecified atom stereocenters. The Labute approximate surface area is 102 Å². The van der Waals surface area contributed by atoms with E-state index in [1.54, 1.807) is 4.68 Å². The normalized spacial score (nSPS) is 10.6. The van der Waals surface area contributed by atoms with E-state index in [4.69, 9.17) is 0 Å². The number of aromatic nitrogens is 3. The van der Waals surface area contributed by atoms with Crippen molar-refractivity contribution in [1.29, 1.82) is 0 Å². The van der Waals surface area contributed by atoms with Crippen molar-refractivity contribution < 1.29 is 13.6 Å². The van der Waals surface area contributed by atoms with E-state index < -0.39 is 17.4 Å². The zero-order valence-corrected chi connectivity index (χ0v) is 9.73. The maximum atomic E-state index is 13.0. The molecule has 94 valence electrons. The Morgan fingerprint density at radius 2 is 1.94 bits per heavy atom. The topological polar surface area (TPSA) is 47.8 Å². The Morgan fingerprint density at radius 3 is 2.56 bits per heavy atom. The number of aryl methyl sites for hydroxylation is 1. The average molecular weight is 251 g/mol. The fourth-order valence-electron chi connectivity index (χ4n) is 1.65. The number of carbonyl (C=O) groups excluding carboxylic acids is 1. The largest absolute Gasteiger partial charge is 0.294 e. The van der Waals surface area contributed by atoms with Crippen LogP contribution in [0, 0.1) is 11.6 Å². The lowest BCUT2D eigenvalue weighted by Gasteiger charge is -2.03. The first-order chi connectivity index (χ1) is 8.60. The fraction of sp³-hybridized carbons (Fsp3) is 0.250. The van der Waals surface area contributed by atoms with Gasteiger partial charge in [0, 0.05) is 18.2 Å². The highest BCUT2D eigenvalue weighted by Crippen LogP contribution is 2.11. The third-order valence-electron chi connectivity index (χ3n) is 2.50. The first-order valence-corrected chi connectivity index (χ1v) is 5.46.